The van der Waals surface area contributed by atoms with E-state index >= 15 is 0 Å². The lowest BCUT2D eigenvalue weighted by molar-refractivity contribution is 0.103. The van der Waals surface area contributed by atoms with Crippen LogP contribution in [0.4, 0.5) is 5.69 Å². The van der Waals surface area contributed by atoms with Crippen LogP contribution in [0.15, 0.2) is 30.3 Å². The molecule has 0 aliphatic carbocycles. The van der Waals surface area contributed by atoms with Crippen molar-refractivity contribution in [3.05, 3.63) is 30.3 Å². The van der Waals surface area contributed by atoms with Gasteiger partial charge >= 0.3 is 0 Å². The van der Waals surface area contributed by atoms with Gasteiger partial charge in [-0.15, -0.1) is 0 Å². The summed E-state index contributed by atoms with van der Waals surface area (Å²) in [5, 5.41) is 0. The van der Waals surface area contributed by atoms with Crippen LogP contribution < -0.4 is 10.8 Å². The highest BCUT2D eigenvalue weighted by atomic mass is 16.6. The van der Waals surface area contributed by atoms with E-state index < -0.39 is 0 Å². The van der Waals surface area contributed by atoms with E-state index in [1.54, 1.807) is 0 Å². The number of para-hydroxylation sites is 1. The van der Waals surface area contributed by atoms with Gasteiger partial charge in [-0.05, 0) is 12.1 Å². The molecule has 0 bridgehead atoms. The van der Waals surface area contributed by atoms with Crippen molar-refractivity contribution in [1.82, 2.24) is 4.90 Å². The van der Waals surface area contributed by atoms with Gasteiger partial charge in [-0.1, -0.05) is 18.2 Å². The maximum Gasteiger partial charge on any atom is 0.0806 e. The van der Waals surface area contributed by atoms with Crippen LogP contribution in [-0.2, 0) is 4.84 Å². The van der Waals surface area contributed by atoms with Gasteiger partial charge in [0.05, 0.1) is 6.61 Å². The second-order valence-corrected chi connectivity index (χ2v) is 4.04. The van der Waals surface area contributed by atoms with E-state index in [4.69, 9.17) is 5.90 Å². The first-order chi connectivity index (χ1) is 7.90. The molecule has 0 amide bonds. The number of hydrogen-bond acceptors (Lipinski definition) is 4. The van der Waals surface area contributed by atoms with Gasteiger partial charge in [0.1, 0.15) is 0 Å². The van der Waals surface area contributed by atoms with Crippen molar-refractivity contribution in [1.29, 1.82) is 0 Å². The summed E-state index contributed by atoms with van der Waals surface area (Å²) in [5.41, 5.74) is 1.32. The average molecular weight is 221 g/mol. The largest absolute Gasteiger partial charge is 0.369 e. The minimum atomic E-state index is 0.616. The van der Waals surface area contributed by atoms with Crippen LogP contribution >= 0.6 is 0 Å². The quantitative estimate of drug-likeness (QED) is 0.760. The number of anilines is 1. The third-order valence-corrected chi connectivity index (χ3v) is 3.02. The van der Waals surface area contributed by atoms with Gasteiger partial charge in [0, 0.05) is 38.4 Å². The lowest BCUT2D eigenvalue weighted by Gasteiger charge is -2.35. The van der Waals surface area contributed by atoms with Crippen molar-refractivity contribution in [3.8, 4) is 0 Å². The molecule has 0 radical (unpaired) electrons. The Morgan fingerprint density at radius 2 is 1.75 bits per heavy atom. The summed E-state index contributed by atoms with van der Waals surface area (Å²) < 4.78 is 0. The SMILES string of the molecule is NOCCN1CCN(c2ccccc2)CC1. The predicted molar refractivity (Wildman–Crippen MR) is 65.2 cm³/mol. The Morgan fingerprint density at radius 1 is 1.06 bits per heavy atom. The highest BCUT2D eigenvalue weighted by Crippen LogP contribution is 2.15. The van der Waals surface area contributed by atoms with Crippen molar-refractivity contribution in [2.75, 3.05) is 44.2 Å². The smallest absolute Gasteiger partial charge is 0.0806 e. The Kier molecular flexibility index (Phi) is 4.16. The molecular formula is C12H19N3O. The zero-order valence-corrected chi connectivity index (χ0v) is 9.51. The molecule has 88 valence electrons. The van der Waals surface area contributed by atoms with Crippen LogP contribution in [0.25, 0.3) is 0 Å². The molecule has 1 saturated heterocycles. The Morgan fingerprint density at radius 3 is 2.38 bits per heavy atom. The normalized spacial score (nSPS) is 17.7. The first-order valence-corrected chi connectivity index (χ1v) is 5.74. The molecule has 0 unspecified atom stereocenters. The van der Waals surface area contributed by atoms with Gasteiger partial charge in [0.2, 0.25) is 0 Å². The number of hydrogen-bond donors (Lipinski definition) is 1. The molecule has 1 aliphatic rings. The third kappa shape index (κ3) is 2.95. The summed E-state index contributed by atoms with van der Waals surface area (Å²) >= 11 is 0. The molecule has 0 atom stereocenters. The van der Waals surface area contributed by atoms with Gasteiger partial charge in [0.15, 0.2) is 0 Å². The van der Waals surface area contributed by atoms with Crippen molar-refractivity contribution in [2.45, 2.75) is 0 Å². The van der Waals surface area contributed by atoms with Gasteiger partial charge in [0.25, 0.3) is 0 Å². The number of piperazine rings is 1. The van der Waals surface area contributed by atoms with Crippen molar-refractivity contribution in [3.63, 3.8) is 0 Å². The van der Waals surface area contributed by atoms with Crippen LogP contribution in [0.2, 0.25) is 0 Å². The van der Waals surface area contributed by atoms with Crippen LogP contribution in [0.1, 0.15) is 0 Å². The summed E-state index contributed by atoms with van der Waals surface area (Å²) in [5.74, 6) is 5.03. The Labute approximate surface area is 96.5 Å². The van der Waals surface area contributed by atoms with E-state index in [-0.39, 0.29) is 0 Å². The monoisotopic (exact) mass is 221 g/mol. The zero-order valence-electron chi connectivity index (χ0n) is 9.51. The molecule has 4 heteroatoms. The molecule has 1 aromatic carbocycles. The van der Waals surface area contributed by atoms with Crippen LogP contribution in [0.3, 0.4) is 0 Å². The highest BCUT2D eigenvalue weighted by Gasteiger charge is 2.16. The maximum atomic E-state index is 5.03. The maximum absolute atomic E-state index is 5.03. The minimum absolute atomic E-state index is 0.616. The third-order valence-electron chi connectivity index (χ3n) is 3.02. The minimum Gasteiger partial charge on any atom is -0.369 e. The molecule has 16 heavy (non-hydrogen) atoms. The van der Waals surface area contributed by atoms with E-state index in [1.807, 2.05) is 0 Å². The summed E-state index contributed by atoms with van der Waals surface area (Å²) in [7, 11) is 0. The fraction of sp³-hybridized carbons (Fsp3) is 0.500. The Balaban J connectivity index is 1.81. The van der Waals surface area contributed by atoms with Gasteiger partial charge in [-0.3, -0.25) is 4.90 Å². The van der Waals surface area contributed by atoms with E-state index in [1.165, 1.54) is 5.69 Å². The number of rotatable bonds is 4. The molecule has 4 nitrogen and oxygen atoms in total. The van der Waals surface area contributed by atoms with E-state index in [0.29, 0.717) is 6.61 Å². The molecule has 2 N–H and O–H groups in total. The predicted octanol–water partition coefficient (Wildman–Crippen LogP) is 0.699. The molecule has 0 saturated carbocycles. The molecule has 1 heterocycles. The molecule has 1 aromatic rings. The number of nitrogens with two attached hydrogens (primary N) is 1. The zero-order chi connectivity index (χ0) is 11.2. The fourth-order valence-corrected chi connectivity index (χ4v) is 2.05. The molecule has 1 fully saturated rings. The molecule has 0 aromatic heterocycles. The van der Waals surface area contributed by atoms with Crippen molar-refractivity contribution >= 4 is 5.69 Å². The summed E-state index contributed by atoms with van der Waals surface area (Å²) in [6.07, 6.45) is 0. The van der Waals surface area contributed by atoms with Crippen molar-refractivity contribution in [2.24, 2.45) is 5.90 Å². The average Bonchev–Trinajstić information content (AvgIpc) is 2.38. The van der Waals surface area contributed by atoms with Gasteiger partial charge in [-0.2, -0.15) is 0 Å². The fourth-order valence-electron chi connectivity index (χ4n) is 2.05. The first-order valence-electron chi connectivity index (χ1n) is 5.74. The van der Waals surface area contributed by atoms with E-state index in [2.05, 4.69) is 45.0 Å². The van der Waals surface area contributed by atoms with Crippen LogP contribution in [-0.4, -0.2) is 44.2 Å². The van der Waals surface area contributed by atoms with Crippen LogP contribution in [0.5, 0.6) is 0 Å². The van der Waals surface area contributed by atoms with Crippen LogP contribution in [0, 0.1) is 0 Å². The summed E-state index contributed by atoms with van der Waals surface area (Å²) in [4.78, 5) is 9.40. The van der Waals surface area contributed by atoms with E-state index in [9.17, 15) is 0 Å². The standard InChI is InChI=1S/C12H19N3O/c13-16-11-10-14-6-8-15(9-7-14)12-4-2-1-3-5-12/h1-5H,6-11,13H2. The van der Waals surface area contributed by atoms with Gasteiger partial charge in [-0.25, -0.2) is 5.90 Å². The molecule has 2 rings (SSSR count). The molecular weight excluding hydrogens is 202 g/mol. The number of nitrogens with zero attached hydrogens (tertiary/aromatic N) is 2. The Bertz CT molecular complexity index is 296. The number of benzene rings is 1. The lowest BCUT2D eigenvalue weighted by Crippen LogP contribution is -2.47. The van der Waals surface area contributed by atoms with Gasteiger partial charge < -0.3 is 9.74 Å². The summed E-state index contributed by atoms with van der Waals surface area (Å²) in [6.45, 7) is 5.87. The topological polar surface area (TPSA) is 41.7 Å². The molecule has 1 aliphatic heterocycles. The van der Waals surface area contributed by atoms with Crippen molar-refractivity contribution < 1.29 is 4.84 Å². The Hall–Kier alpha value is -1.10. The molecule has 0 spiro atoms. The second-order valence-electron chi connectivity index (χ2n) is 4.04. The highest BCUT2D eigenvalue weighted by molar-refractivity contribution is 5.46. The second kappa shape index (κ2) is 5.84. The first kappa shape index (κ1) is 11.4. The lowest BCUT2D eigenvalue weighted by atomic mass is 10.2. The van der Waals surface area contributed by atoms with E-state index in [0.717, 1.165) is 32.7 Å². The summed E-state index contributed by atoms with van der Waals surface area (Å²) in [6, 6.07) is 10.6.